The van der Waals surface area contributed by atoms with Crippen LogP contribution in [0.5, 0.6) is 0 Å². The fourth-order valence-electron chi connectivity index (χ4n) is 6.17. The van der Waals surface area contributed by atoms with Gasteiger partial charge in [-0.05, 0) is 98.3 Å². The molecule has 2 heteroatoms. The highest BCUT2D eigenvalue weighted by Crippen LogP contribution is 2.62. The summed E-state index contributed by atoms with van der Waals surface area (Å²) in [6.45, 7) is 1.98. The van der Waals surface area contributed by atoms with Gasteiger partial charge in [0.15, 0.2) is 0 Å². The summed E-state index contributed by atoms with van der Waals surface area (Å²) in [6, 6.07) is 5.15. The van der Waals surface area contributed by atoms with Gasteiger partial charge in [-0.25, -0.2) is 4.39 Å². The average Bonchev–Trinajstić information content (AvgIpc) is 2.35. The minimum Gasteiger partial charge on any atom is -0.324 e. The molecule has 4 saturated carbocycles. The standard InChI is InChI=1S/C19H26FN/c1-12-4-16(20)2-3-17(12)18(21)11-19-8-13-5-14(9-19)7-15(6-13)10-19/h2-4,13-15,18H,5-11,21H2,1H3. The number of rotatable bonds is 3. The molecule has 2 N–H and O–H groups in total. The number of hydrogen-bond acceptors (Lipinski definition) is 1. The van der Waals surface area contributed by atoms with Crippen LogP contribution >= 0.6 is 0 Å². The maximum Gasteiger partial charge on any atom is 0.123 e. The van der Waals surface area contributed by atoms with Crippen LogP contribution < -0.4 is 5.73 Å². The Balaban J connectivity index is 1.55. The van der Waals surface area contributed by atoms with Crippen LogP contribution in [0.1, 0.15) is 62.1 Å². The minimum absolute atomic E-state index is 0.0712. The van der Waals surface area contributed by atoms with Gasteiger partial charge in [0.05, 0.1) is 0 Å². The molecule has 0 spiro atoms. The van der Waals surface area contributed by atoms with Gasteiger partial charge in [0.1, 0.15) is 5.82 Å². The molecule has 0 aromatic heterocycles. The summed E-state index contributed by atoms with van der Waals surface area (Å²) in [6.07, 6.45) is 9.72. The highest BCUT2D eigenvalue weighted by Gasteiger charge is 2.51. The van der Waals surface area contributed by atoms with Crippen LogP contribution in [0.2, 0.25) is 0 Å². The molecule has 0 aliphatic heterocycles. The summed E-state index contributed by atoms with van der Waals surface area (Å²) in [5.41, 5.74) is 9.19. The molecule has 1 aromatic rings. The van der Waals surface area contributed by atoms with Crippen molar-refractivity contribution < 1.29 is 4.39 Å². The first-order valence-corrected chi connectivity index (χ1v) is 8.55. The topological polar surface area (TPSA) is 26.0 Å². The van der Waals surface area contributed by atoms with Gasteiger partial charge in [-0.3, -0.25) is 0 Å². The highest BCUT2D eigenvalue weighted by atomic mass is 19.1. The first kappa shape index (κ1) is 13.8. The van der Waals surface area contributed by atoms with Gasteiger partial charge in [-0.2, -0.15) is 0 Å². The molecule has 0 radical (unpaired) electrons. The third-order valence-electron chi connectivity index (χ3n) is 6.45. The Hall–Kier alpha value is -0.890. The highest BCUT2D eigenvalue weighted by molar-refractivity contribution is 5.29. The smallest absolute Gasteiger partial charge is 0.123 e. The first-order chi connectivity index (χ1) is 10.0. The number of hydrogen-bond donors (Lipinski definition) is 1. The fraction of sp³-hybridized carbons (Fsp3) is 0.684. The van der Waals surface area contributed by atoms with E-state index in [0.29, 0.717) is 5.41 Å². The predicted octanol–water partition coefficient (Wildman–Crippen LogP) is 4.74. The fourth-order valence-corrected chi connectivity index (χ4v) is 6.17. The van der Waals surface area contributed by atoms with Crippen molar-refractivity contribution in [3.05, 3.63) is 35.1 Å². The van der Waals surface area contributed by atoms with E-state index in [2.05, 4.69) is 0 Å². The van der Waals surface area contributed by atoms with Crippen molar-refractivity contribution in [1.82, 2.24) is 0 Å². The summed E-state index contributed by atoms with van der Waals surface area (Å²) in [7, 11) is 0. The van der Waals surface area contributed by atoms with Crippen molar-refractivity contribution >= 4 is 0 Å². The second kappa shape index (κ2) is 4.81. The lowest BCUT2D eigenvalue weighted by atomic mass is 9.48. The van der Waals surface area contributed by atoms with E-state index in [-0.39, 0.29) is 11.9 Å². The summed E-state index contributed by atoms with van der Waals surface area (Å²) in [5, 5.41) is 0. The van der Waals surface area contributed by atoms with E-state index >= 15 is 0 Å². The van der Waals surface area contributed by atoms with Crippen LogP contribution in [0.3, 0.4) is 0 Å². The van der Waals surface area contributed by atoms with E-state index in [9.17, 15) is 4.39 Å². The molecule has 21 heavy (non-hydrogen) atoms. The molecule has 4 fully saturated rings. The van der Waals surface area contributed by atoms with Crippen molar-refractivity contribution in [2.75, 3.05) is 0 Å². The number of benzene rings is 1. The van der Waals surface area contributed by atoms with Gasteiger partial charge in [0, 0.05) is 6.04 Å². The predicted molar refractivity (Wildman–Crippen MR) is 83.3 cm³/mol. The van der Waals surface area contributed by atoms with E-state index in [4.69, 9.17) is 5.73 Å². The van der Waals surface area contributed by atoms with Crippen molar-refractivity contribution in [2.45, 2.75) is 57.9 Å². The largest absolute Gasteiger partial charge is 0.324 e. The van der Waals surface area contributed by atoms with Gasteiger partial charge >= 0.3 is 0 Å². The van der Waals surface area contributed by atoms with Crippen LogP contribution in [0.15, 0.2) is 18.2 Å². The molecule has 4 bridgehead atoms. The molecule has 4 aliphatic rings. The van der Waals surface area contributed by atoms with Crippen LogP contribution in [0.25, 0.3) is 0 Å². The number of nitrogens with two attached hydrogens (primary N) is 1. The third-order valence-corrected chi connectivity index (χ3v) is 6.45. The maximum absolute atomic E-state index is 13.3. The van der Waals surface area contributed by atoms with Crippen molar-refractivity contribution in [2.24, 2.45) is 28.9 Å². The summed E-state index contributed by atoms with van der Waals surface area (Å²) < 4.78 is 13.3. The molecule has 0 amide bonds. The molecule has 0 saturated heterocycles. The number of halogens is 1. The second-order valence-corrected chi connectivity index (χ2v) is 8.23. The molecule has 1 unspecified atom stereocenters. The van der Waals surface area contributed by atoms with Gasteiger partial charge in [-0.15, -0.1) is 0 Å². The summed E-state index contributed by atoms with van der Waals surface area (Å²) in [5.74, 6) is 2.76. The monoisotopic (exact) mass is 287 g/mol. The molecule has 1 aromatic carbocycles. The molecule has 5 rings (SSSR count). The normalized spacial score (nSPS) is 38.7. The number of aryl methyl sites for hydroxylation is 1. The van der Waals surface area contributed by atoms with Crippen molar-refractivity contribution in [3.63, 3.8) is 0 Å². The van der Waals surface area contributed by atoms with E-state index in [0.717, 1.165) is 35.3 Å². The Labute approximate surface area is 127 Å². The lowest BCUT2D eigenvalue weighted by Crippen LogP contribution is -2.47. The van der Waals surface area contributed by atoms with E-state index in [1.807, 2.05) is 13.0 Å². The molecule has 1 atom stereocenters. The lowest BCUT2D eigenvalue weighted by molar-refractivity contribution is -0.0605. The Bertz CT molecular complexity index is 515. The Morgan fingerprint density at radius 1 is 1.14 bits per heavy atom. The second-order valence-electron chi connectivity index (χ2n) is 8.23. The van der Waals surface area contributed by atoms with Crippen molar-refractivity contribution in [3.8, 4) is 0 Å². The average molecular weight is 287 g/mol. The molecule has 1 nitrogen and oxygen atoms in total. The third kappa shape index (κ3) is 2.42. The van der Waals surface area contributed by atoms with Crippen LogP contribution in [0.4, 0.5) is 4.39 Å². The van der Waals surface area contributed by atoms with E-state index in [1.54, 1.807) is 12.1 Å². The molecular weight excluding hydrogens is 261 g/mol. The van der Waals surface area contributed by atoms with Crippen LogP contribution in [0, 0.1) is 35.9 Å². The van der Waals surface area contributed by atoms with Gasteiger partial charge < -0.3 is 5.73 Å². The zero-order valence-corrected chi connectivity index (χ0v) is 12.9. The van der Waals surface area contributed by atoms with Gasteiger partial charge in [0.2, 0.25) is 0 Å². The molecule has 114 valence electrons. The molecule has 4 aliphatic carbocycles. The Morgan fingerprint density at radius 3 is 2.24 bits per heavy atom. The Kier molecular flexibility index (Phi) is 3.15. The van der Waals surface area contributed by atoms with Crippen LogP contribution in [-0.2, 0) is 0 Å². The van der Waals surface area contributed by atoms with Gasteiger partial charge in [-0.1, -0.05) is 6.07 Å². The molecular formula is C19H26FN. The minimum atomic E-state index is -0.154. The lowest BCUT2D eigenvalue weighted by Gasteiger charge is -2.57. The van der Waals surface area contributed by atoms with Gasteiger partial charge in [0.25, 0.3) is 0 Å². The van der Waals surface area contributed by atoms with Crippen molar-refractivity contribution in [1.29, 1.82) is 0 Å². The summed E-state index contributed by atoms with van der Waals surface area (Å²) >= 11 is 0. The summed E-state index contributed by atoms with van der Waals surface area (Å²) in [4.78, 5) is 0. The first-order valence-electron chi connectivity index (χ1n) is 8.55. The maximum atomic E-state index is 13.3. The van der Waals surface area contributed by atoms with E-state index < -0.39 is 0 Å². The van der Waals surface area contributed by atoms with Crippen LogP contribution in [-0.4, -0.2) is 0 Å². The SMILES string of the molecule is Cc1cc(F)ccc1C(N)CC12CC3CC(CC(C3)C1)C2. The zero-order valence-electron chi connectivity index (χ0n) is 12.9. The van der Waals surface area contributed by atoms with E-state index in [1.165, 1.54) is 38.5 Å². The molecule has 0 heterocycles. The quantitative estimate of drug-likeness (QED) is 0.853. The Morgan fingerprint density at radius 2 is 1.71 bits per heavy atom. The zero-order chi connectivity index (χ0) is 14.6.